The maximum Gasteiger partial charge on any atom is 0.388 e. The van der Waals surface area contributed by atoms with Crippen LogP contribution in [-0.4, -0.2) is 29.6 Å². The molecule has 3 rings (SSSR count). The van der Waals surface area contributed by atoms with Crippen LogP contribution in [0.3, 0.4) is 0 Å². The van der Waals surface area contributed by atoms with Gasteiger partial charge in [-0.15, -0.1) is 0 Å². The first-order valence-corrected chi connectivity index (χ1v) is 7.19. The molecule has 0 aliphatic heterocycles. The summed E-state index contributed by atoms with van der Waals surface area (Å²) in [7, 11) is 0. The minimum absolute atomic E-state index is 0.0480. The number of nitrogens with one attached hydrogen (secondary N) is 2. The molecule has 23 heavy (non-hydrogen) atoms. The lowest BCUT2D eigenvalue weighted by atomic mass is 10.2. The van der Waals surface area contributed by atoms with Crippen molar-refractivity contribution < 1.29 is 27.1 Å². The van der Waals surface area contributed by atoms with Crippen LogP contribution in [-0.2, 0) is 6.54 Å². The van der Waals surface area contributed by atoms with Gasteiger partial charge >= 0.3 is 12.6 Å². The van der Waals surface area contributed by atoms with Crippen molar-refractivity contribution in [3.63, 3.8) is 0 Å². The standard InChI is InChI=1S/C14H15F4N3O2/c15-12(16)23-9-5-7(2-4-19-9)6-20-13(22)21-11-8-1-3-14(17,18)10(8)11/h2,4-5,8,10-12H,1,3,6H2,(H2,20,21,22)/t8-,10+,11+/m1/s1. The lowest BCUT2D eigenvalue weighted by Crippen LogP contribution is -2.39. The number of nitrogens with zero attached hydrogens (tertiary/aromatic N) is 1. The molecule has 9 heteroatoms. The van der Waals surface area contributed by atoms with Crippen molar-refractivity contribution in [1.29, 1.82) is 0 Å². The Balaban J connectivity index is 1.47. The highest BCUT2D eigenvalue weighted by atomic mass is 19.3. The smallest absolute Gasteiger partial charge is 0.388 e. The van der Waals surface area contributed by atoms with Crippen LogP contribution in [0.2, 0.25) is 0 Å². The predicted molar refractivity (Wildman–Crippen MR) is 71.2 cm³/mol. The number of rotatable bonds is 5. The quantitative estimate of drug-likeness (QED) is 0.814. The number of urea groups is 1. The monoisotopic (exact) mass is 333 g/mol. The highest BCUT2D eigenvalue weighted by molar-refractivity contribution is 5.74. The SMILES string of the molecule is O=C(NCc1ccnc(OC(F)F)c1)N[C@H]1[C@@H]2CCC(F)(F)[C@@H]21. The number of hydrogen-bond donors (Lipinski definition) is 2. The fourth-order valence-corrected chi connectivity index (χ4v) is 3.13. The molecule has 2 amide bonds. The van der Waals surface area contributed by atoms with Crippen molar-refractivity contribution >= 4 is 6.03 Å². The van der Waals surface area contributed by atoms with E-state index in [1.165, 1.54) is 18.3 Å². The van der Waals surface area contributed by atoms with Crippen LogP contribution in [0, 0.1) is 11.8 Å². The minimum atomic E-state index is -2.98. The fraction of sp³-hybridized carbons (Fsp3) is 0.571. The second-order valence-electron chi connectivity index (χ2n) is 5.72. The molecule has 0 spiro atoms. The molecule has 0 aromatic carbocycles. The van der Waals surface area contributed by atoms with Gasteiger partial charge in [0.2, 0.25) is 5.88 Å². The van der Waals surface area contributed by atoms with Gasteiger partial charge in [-0.25, -0.2) is 18.6 Å². The number of amides is 2. The summed E-state index contributed by atoms with van der Waals surface area (Å²) in [5.74, 6) is -3.87. The van der Waals surface area contributed by atoms with Gasteiger partial charge in [0.25, 0.3) is 5.92 Å². The molecule has 2 fully saturated rings. The highest BCUT2D eigenvalue weighted by Gasteiger charge is 2.68. The third-order valence-electron chi connectivity index (χ3n) is 4.23. The Hall–Kier alpha value is -2.06. The van der Waals surface area contributed by atoms with Crippen LogP contribution in [0.25, 0.3) is 0 Å². The van der Waals surface area contributed by atoms with Crippen molar-refractivity contribution in [2.24, 2.45) is 11.8 Å². The van der Waals surface area contributed by atoms with E-state index in [1.54, 1.807) is 0 Å². The van der Waals surface area contributed by atoms with Crippen LogP contribution in [0.4, 0.5) is 22.4 Å². The molecule has 2 aliphatic rings. The van der Waals surface area contributed by atoms with E-state index in [0.717, 1.165) is 0 Å². The summed E-state index contributed by atoms with van der Waals surface area (Å²) < 4.78 is 55.2. The first-order valence-electron chi connectivity index (χ1n) is 7.19. The normalized spacial score (nSPS) is 27.4. The number of carbonyl (C=O) groups is 1. The molecule has 1 aromatic heterocycles. The number of ether oxygens (including phenoxy) is 1. The van der Waals surface area contributed by atoms with Crippen LogP contribution in [0.5, 0.6) is 5.88 Å². The van der Waals surface area contributed by atoms with Gasteiger partial charge in [0.15, 0.2) is 0 Å². The lowest BCUT2D eigenvalue weighted by Gasteiger charge is -2.14. The summed E-state index contributed by atoms with van der Waals surface area (Å²) in [5.41, 5.74) is 0.507. The van der Waals surface area contributed by atoms with E-state index in [4.69, 9.17) is 0 Å². The van der Waals surface area contributed by atoms with Gasteiger partial charge in [0.1, 0.15) is 0 Å². The van der Waals surface area contributed by atoms with Gasteiger partial charge in [-0.3, -0.25) is 0 Å². The molecule has 126 valence electrons. The van der Waals surface area contributed by atoms with E-state index in [-0.39, 0.29) is 24.8 Å². The van der Waals surface area contributed by atoms with Crippen molar-refractivity contribution in [2.75, 3.05) is 0 Å². The van der Waals surface area contributed by atoms with E-state index in [2.05, 4.69) is 20.4 Å². The van der Waals surface area contributed by atoms with Crippen LogP contribution >= 0.6 is 0 Å². The molecule has 1 heterocycles. The summed E-state index contributed by atoms with van der Waals surface area (Å²) in [6, 6.07) is 1.74. The molecular formula is C14H15F4N3O2. The zero-order valence-electron chi connectivity index (χ0n) is 11.9. The van der Waals surface area contributed by atoms with E-state index < -0.39 is 30.5 Å². The Kier molecular flexibility index (Phi) is 4.03. The summed E-state index contributed by atoms with van der Waals surface area (Å²) in [6.07, 6.45) is 1.58. The van der Waals surface area contributed by atoms with E-state index in [9.17, 15) is 22.4 Å². The topological polar surface area (TPSA) is 63.2 Å². The maximum absolute atomic E-state index is 13.4. The van der Waals surface area contributed by atoms with E-state index >= 15 is 0 Å². The number of carbonyl (C=O) groups excluding carboxylic acids is 1. The molecule has 3 atom stereocenters. The molecule has 5 nitrogen and oxygen atoms in total. The van der Waals surface area contributed by atoms with Crippen molar-refractivity contribution in [1.82, 2.24) is 15.6 Å². The summed E-state index contributed by atoms with van der Waals surface area (Å²) in [6.45, 7) is -2.93. The minimum Gasteiger partial charge on any atom is -0.417 e. The Morgan fingerprint density at radius 2 is 2.26 bits per heavy atom. The predicted octanol–water partition coefficient (Wildman–Crippen LogP) is 2.53. The van der Waals surface area contributed by atoms with Gasteiger partial charge in [-0.05, 0) is 24.0 Å². The molecule has 0 unspecified atom stereocenters. The largest absolute Gasteiger partial charge is 0.417 e. The molecule has 2 saturated carbocycles. The molecule has 2 N–H and O–H groups in total. The third-order valence-corrected chi connectivity index (χ3v) is 4.23. The van der Waals surface area contributed by atoms with Gasteiger partial charge < -0.3 is 15.4 Å². The molecule has 1 aromatic rings. The number of alkyl halides is 4. The number of halogens is 4. The van der Waals surface area contributed by atoms with Crippen LogP contribution in [0.1, 0.15) is 18.4 Å². The maximum atomic E-state index is 13.4. The molecule has 2 aliphatic carbocycles. The number of hydrogen-bond acceptors (Lipinski definition) is 3. The van der Waals surface area contributed by atoms with Crippen molar-refractivity contribution in [3.05, 3.63) is 23.9 Å². The fourth-order valence-electron chi connectivity index (χ4n) is 3.13. The Bertz CT molecular complexity index is 599. The first-order chi connectivity index (χ1) is 10.9. The Morgan fingerprint density at radius 3 is 2.91 bits per heavy atom. The Morgan fingerprint density at radius 1 is 1.48 bits per heavy atom. The van der Waals surface area contributed by atoms with Gasteiger partial charge in [0, 0.05) is 37.2 Å². The summed E-state index contributed by atoms with van der Waals surface area (Å²) in [5, 5.41) is 5.03. The molecule has 0 radical (unpaired) electrons. The molecule has 0 saturated heterocycles. The molecule has 0 bridgehead atoms. The van der Waals surface area contributed by atoms with E-state index in [0.29, 0.717) is 12.0 Å². The van der Waals surface area contributed by atoms with Crippen molar-refractivity contribution in [3.8, 4) is 5.88 Å². The first kappa shape index (κ1) is 15.8. The van der Waals surface area contributed by atoms with Gasteiger partial charge in [-0.1, -0.05) is 0 Å². The summed E-state index contributed by atoms with van der Waals surface area (Å²) in [4.78, 5) is 15.3. The average Bonchev–Trinajstić information content (AvgIpc) is 3.06. The second-order valence-corrected chi connectivity index (χ2v) is 5.72. The zero-order chi connectivity index (χ0) is 16.6. The van der Waals surface area contributed by atoms with Crippen molar-refractivity contribution in [2.45, 2.75) is 38.0 Å². The Labute approximate surface area is 129 Å². The van der Waals surface area contributed by atoms with Crippen LogP contribution < -0.4 is 15.4 Å². The highest BCUT2D eigenvalue weighted by Crippen LogP contribution is 2.59. The molecular weight excluding hydrogens is 318 g/mol. The van der Waals surface area contributed by atoms with Gasteiger partial charge in [0.05, 0.1) is 0 Å². The lowest BCUT2D eigenvalue weighted by molar-refractivity contribution is -0.0529. The number of fused-ring (bicyclic) bond motifs is 1. The van der Waals surface area contributed by atoms with Crippen LogP contribution in [0.15, 0.2) is 18.3 Å². The summed E-state index contributed by atoms with van der Waals surface area (Å²) >= 11 is 0. The zero-order valence-corrected chi connectivity index (χ0v) is 11.9. The third kappa shape index (κ3) is 3.48. The van der Waals surface area contributed by atoms with E-state index in [1.807, 2.05) is 0 Å². The average molecular weight is 333 g/mol. The second kappa shape index (κ2) is 5.86. The van der Waals surface area contributed by atoms with Gasteiger partial charge in [-0.2, -0.15) is 8.78 Å². The number of pyridine rings is 1. The number of aromatic nitrogens is 1.